The van der Waals surface area contributed by atoms with Crippen LogP contribution in [0.5, 0.6) is 5.75 Å². The van der Waals surface area contributed by atoms with E-state index in [9.17, 15) is 4.79 Å². The summed E-state index contributed by atoms with van der Waals surface area (Å²) >= 11 is 0. The number of hydrogen-bond acceptors (Lipinski definition) is 3. The second-order valence-corrected chi connectivity index (χ2v) is 6.19. The number of carbonyl (C=O) groups is 1. The van der Waals surface area contributed by atoms with Crippen molar-refractivity contribution in [3.8, 4) is 5.75 Å². The molecule has 126 valence electrons. The number of anilines is 1. The van der Waals surface area contributed by atoms with Crippen LogP contribution in [0, 0.1) is 6.92 Å². The Kier molecular flexibility index (Phi) is 3.98. The van der Waals surface area contributed by atoms with Crippen LogP contribution in [-0.2, 0) is 11.3 Å². The molecule has 5 heteroatoms. The maximum absolute atomic E-state index is 12.7. The van der Waals surface area contributed by atoms with Gasteiger partial charge in [0.05, 0.1) is 0 Å². The van der Waals surface area contributed by atoms with Gasteiger partial charge in [-0.1, -0.05) is 30.3 Å². The summed E-state index contributed by atoms with van der Waals surface area (Å²) in [6, 6.07) is 15.6. The van der Waals surface area contributed by atoms with E-state index in [0.717, 1.165) is 34.9 Å². The fraction of sp³-hybridized carbons (Fsp3) is 0.200. The number of hydrogen-bond donors (Lipinski definition) is 1. The third-order valence-corrected chi connectivity index (χ3v) is 4.49. The molecule has 2 aromatic carbocycles. The number of ether oxygens (including phenoxy) is 1. The predicted molar refractivity (Wildman–Crippen MR) is 95.8 cm³/mol. The minimum Gasteiger partial charge on any atom is -0.492 e. The standard InChI is InChI=1S/C20H19N3O2/c1-14-21-9-10-23(14)12-15-5-4-6-16(11-15)22-20(24)18-13-25-19-8-3-2-7-17(18)19/h2-11,18H,12-13H2,1H3,(H,22,24). The summed E-state index contributed by atoms with van der Waals surface area (Å²) in [4.78, 5) is 16.9. The third-order valence-electron chi connectivity index (χ3n) is 4.49. The van der Waals surface area contributed by atoms with E-state index in [1.807, 2.05) is 61.7 Å². The summed E-state index contributed by atoms with van der Waals surface area (Å²) in [5.74, 6) is 1.46. The number of rotatable bonds is 4. The third kappa shape index (κ3) is 3.13. The maximum Gasteiger partial charge on any atom is 0.235 e. The molecule has 1 aromatic heterocycles. The summed E-state index contributed by atoms with van der Waals surface area (Å²) in [7, 11) is 0. The van der Waals surface area contributed by atoms with E-state index in [4.69, 9.17) is 4.74 Å². The molecule has 2 heterocycles. The van der Waals surface area contributed by atoms with Gasteiger partial charge in [-0.15, -0.1) is 0 Å². The van der Waals surface area contributed by atoms with E-state index in [2.05, 4.69) is 14.9 Å². The van der Waals surface area contributed by atoms with E-state index in [1.54, 1.807) is 6.20 Å². The van der Waals surface area contributed by atoms with E-state index in [-0.39, 0.29) is 11.8 Å². The van der Waals surface area contributed by atoms with Gasteiger partial charge in [0.1, 0.15) is 24.1 Å². The molecule has 0 saturated carbocycles. The van der Waals surface area contributed by atoms with Gasteiger partial charge in [-0.3, -0.25) is 4.79 Å². The van der Waals surface area contributed by atoms with E-state index in [0.29, 0.717) is 6.61 Å². The van der Waals surface area contributed by atoms with Gasteiger partial charge in [-0.2, -0.15) is 0 Å². The van der Waals surface area contributed by atoms with Gasteiger partial charge in [0.25, 0.3) is 0 Å². The highest BCUT2D eigenvalue weighted by molar-refractivity contribution is 5.97. The Hall–Kier alpha value is -3.08. The molecule has 4 rings (SSSR count). The van der Waals surface area contributed by atoms with Crippen molar-refractivity contribution >= 4 is 11.6 Å². The average molecular weight is 333 g/mol. The molecule has 0 fully saturated rings. The van der Waals surface area contributed by atoms with Crippen molar-refractivity contribution in [3.63, 3.8) is 0 Å². The lowest BCUT2D eigenvalue weighted by Crippen LogP contribution is -2.22. The van der Waals surface area contributed by atoms with Crippen LogP contribution < -0.4 is 10.1 Å². The Balaban J connectivity index is 1.49. The van der Waals surface area contributed by atoms with Crippen LogP contribution in [0.3, 0.4) is 0 Å². The quantitative estimate of drug-likeness (QED) is 0.796. The van der Waals surface area contributed by atoms with Crippen LogP contribution in [0.2, 0.25) is 0 Å². The first kappa shape index (κ1) is 15.4. The average Bonchev–Trinajstić information content (AvgIpc) is 3.22. The van der Waals surface area contributed by atoms with E-state index in [1.165, 1.54) is 0 Å². The van der Waals surface area contributed by atoms with E-state index < -0.39 is 0 Å². The van der Waals surface area contributed by atoms with E-state index >= 15 is 0 Å². The number of nitrogens with one attached hydrogen (secondary N) is 1. The zero-order valence-electron chi connectivity index (χ0n) is 14.0. The van der Waals surface area contributed by atoms with Crippen molar-refractivity contribution in [3.05, 3.63) is 77.9 Å². The molecule has 0 aliphatic carbocycles. The molecule has 1 atom stereocenters. The second-order valence-electron chi connectivity index (χ2n) is 6.19. The van der Waals surface area contributed by atoms with Gasteiger partial charge in [-0.25, -0.2) is 4.98 Å². The first-order chi connectivity index (χ1) is 12.2. The first-order valence-electron chi connectivity index (χ1n) is 8.30. The van der Waals surface area contributed by atoms with Gasteiger partial charge in [0.2, 0.25) is 5.91 Å². The smallest absolute Gasteiger partial charge is 0.235 e. The molecule has 5 nitrogen and oxygen atoms in total. The Morgan fingerprint density at radius 3 is 3.00 bits per heavy atom. The first-order valence-corrected chi connectivity index (χ1v) is 8.30. The Labute approximate surface area is 146 Å². The highest BCUT2D eigenvalue weighted by atomic mass is 16.5. The number of benzene rings is 2. The number of imidazole rings is 1. The summed E-state index contributed by atoms with van der Waals surface area (Å²) < 4.78 is 7.68. The zero-order valence-corrected chi connectivity index (χ0v) is 14.0. The number of aryl methyl sites for hydroxylation is 1. The maximum atomic E-state index is 12.7. The summed E-state index contributed by atoms with van der Waals surface area (Å²) in [5, 5.41) is 3.02. The van der Waals surface area contributed by atoms with Crippen LogP contribution >= 0.6 is 0 Å². The lowest BCUT2D eigenvalue weighted by molar-refractivity contribution is -0.117. The molecule has 0 spiro atoms. The molecular weight excluding hydrogens is 314 g/mol. The molecule has 1 amide bonds. The largest absolute Gasteiger partial charge is 0.492 e. The summed E-state index contributed by atoms with van der Waals surface area (Å²) in [5.41, 5.74) is 2.86. The lowest BCUT2D eigenvalue weighted by Gasteiger charge is -2.12. The van der Waals surface area contributed by atoms with Crippen molar-refractivity contribution < 1.29 is 9.53 Å². The normalized spacial score (nSPS) is 15.5. The number of para-hydroxylation sites is 1. The number of fused-ring (bicyclic) bond motifs is 1. The molecule has 0 bridgehead atoms. The Bertz CT molecular complexity index is 917. The van der Waals surface area contributed by atoms with Gasteiger partial charge in [0.15, 0.2) is 0 Å². The number of nitrogens with zero attached hydrogens (tertiary/aromatic N) is 2. The molecule has 0 saturated heterocycles. The van der Waals surface area contributed by atoms with Crippen LogP contribution in [0.4, 0.5) is 5.69 Å². The minimum absolute atomic E-state index is 0.0408. The molecule has 1 aliphatic rings. The van der Waals surface area contributed by atoms with Crippen molar-refractivity contribution in [1.29, 1.82) is 0 Å². The summed E-state index contributed by atoms with van der Waals surface area (Å²) in [6.45, 7) is 3.09. The molecule has 25 heavy (non-hydrogen) atoms. The predicted octanol–water partition coefficient (Wildman–Crippen LogP) is 3.35. The molecule has 3 aromatic rings. The molecular formula is C20H19N3O2. The summed E-state index contributed by atoms with van der Waals surface area (Å²) in [6.07, 6.45) is 3.74. The molecule has 1 aliphatic heterocycles. The SMILES string of the molecule is Cc1nccn1Cc1cccc(NC(=O)C2COc3ccccc32)c1. The van der Waals surface area contributed by atoms with Crippen LogP contribution in [0.25, 0.3) is 0 Å². The van der Waals surface area contributed by atoms with Crippen LogP contribution in [0.15, 0.2) is 60.9 Å². The monoisotopic (exact) mass is 333 g/mol. The number of amides is 1. The fourth-order valence-corrected chi connectivity index (χ4v) is 3.12. The second kappa shape index (κ2) is 6.43. The van der Waals surface area contributed by atoms with Gasteiger partial charge in [0, 0.05) is 30.2 Å². The highest BCUT2D eigenvalue weighted by Gasteiger charge is 2.29. The molecule has 0 radical (unpaired) electrons. The Morgan fingerprint density at radius 2 is 2.16 bits per heavy atom. The van der Waals surface area contributed by atoms with Crippen molar-refractivity contribution in [1.82, 2.24) is 9.55 Å². The van der Waals surface area contributed by atoms with Gasteiger partial charge < -0.3 is 14.6 Å². The fourth-order valence-electron chi connectivity index (χ4n) is 3.12. The molecule has 1 unspecified atom stereocenters. The zero-order chi connectivity index (χ0) is 17.2. The van der Waals surface area contributed by atoms with Gasteiger partial charge >= 0.3 is 0 Å². The molecule has 1 N–H and O–H groups in total. The van der Waals surface area contributed by atoms with Crippen molar-refractivity contribution in [2.45, 2.75) is 19.4 Å². The minimum atomic E-state index is -0.268. The van der Waals surface area contributed by atoms with Crippen LogP contribution in [0.1, 0.15) is 22.9 Å². The number of aromatic nitrogens is 2. The van der Waals surface area contributed by atoms with Crippen molar-refractivity contribution in [2.75, 3.05) is 11.9 Å². The topological polar surface area (TPSA) is 56.2 Å². The van der Waals surface area contributed by atoms with Crippen LogP contribution in [-0.4, -0.2) is 22.1 Å². The lowest BCUT2D eigenvalue weighted by atomic mass is 10.0. The van der Waals surface area contributed by atoms with Crippen molar-refractivity contribution in [2.24, 2.45) is 0 Å². The van der Waals surface area contributed by atoms with Gasteiger partial charge in [-0.05, 0) is 30.7 Å². The Morgan fingerprint density at radius 1 is 1.28 bits per heavy atom. The number of carbonyl (C=O) groups excluding carboxylic acids is 1. The highest BCUT2D eigenvalue weighted by Crippen LogP contribution is 2.34.